The summed E-state index contributed by atoms with van der Waals surface area (Å²) in [7, 11) is 0. The molecule has 2 N–H and O–H groups in total. The molecule has 2 aromatic rings. The van der Waals surface area contributed by atoms with Crippen LogP contribution in [0.3, 0.4) is 0 Å². The summed E-state index contributed by atoms with van der Waals surface area (Å²) in [6, 6.07) is 7.07. The Morgan fingerprint density at radius 3 is 2.28 bits per heavy atom. The maximum atomic E-state index is 12.1. The highest BCUT2D eigenvalue weighted by atomic mass is 35.5. The van der Waals surface area contributed by atoms with Gasteiger partial charge in [-0.2, -0.15) is 0 Å². The van der Waals surface area contributed by atoms with E-state index >= 15 is 0 Å². The summed E-state index contributed by atoms with van der Waals surface area (Å²) in [4.78, 5) is 31.2. The molecule has 0 aliphatic carbocycles. The van der Waals surface area contributed by atoms with Crippen molar-refractivity contribution in [1.82, 2.24) is 15.3 Å². The molecule has 132 valence electrons. The number of amides is 2. The molecule has 1 aromatic carbocycles. The lowest BCUT2D eigenvalue weighted by atomic mass is 10.2. The Kier molecular flexibility index (Phi) is 5.93. The Morgan fingerprint density at radius 1 is 1.12 bits per heavy atom. The van der Waals surface area contributed by atoms with Crippen LogP contribution in [0.4, 0.5) is 10.5 Å². The number of rotatable bonds is 4. The minimum absolute atomic E-state index is 0.0818. The molecular formula is C17H19ClN4O3. The van der Waals surface area contributed by atoms with Gasteiger partial charge in [-0.15, -0.1) is 0 Å². The van der Waals surface area contributed by atoms with Gasteiger partial charge in [-0.25, -0.2) is 14.8 Å². The van der Waals surface area contributed by atoms with Crippen molar-refractivity contribution in [1.29, 1.82) is 0 Å². The zero-order valence-corrected chi connectivity index (χ0v) is 14.9. The van der Waals surface area contributed by atoms with Gasteiger partial charge >= 0.3 is 6.09 Å². The van der Waals surface area contributed by atoms with Gasteiger partial charge in [0.1, 0.15) is 5.60 Å². The van der Waals surface area contributed by atoms with Gasteiger partial charge in [0.05, 0.1) is 5.56 Å². The quantitative estimate of drug-likeness (QED) is 0.813. The van der Waals surface area contributed by atoms with Gasteiger partial charge in [-0.05, 0) is 50.1 Å². The van der Waals surface area contributed by atoms with Crippen LogP contribution in [0.5, 0.6) is 0 Å². The summed E-state index contributed by atoms with van der Waals surface area (Å²) >= 11 is 5.59. The predicted molar refractivity (Wildman–Crippen MR) is 94.5 cm³/mol. The zero-order valence-electron chi connectivity index (χ0n) is 14.2. The smallest absolute Gasteiger partial charge is 0.407 e. The van der Waals surface area contributed by atoms with E-state index in [4.69, 9.17) is 16.3 Å². The number of hydrogen-bond acceptors (Lipinski definition) is 5. The van der Waals surface area contributed by atoms with Crippen molar-refractivity contribution in [3.05, 3.63) is 53.1 Å². The van der Waals surface area contributed by atoms with Gasteiger partial charge in [-0.3, -0.25) is 4.79 Å². The molecule has 0 saturated heterocycles. The van der Waals surface area contributed by atoms with E-state index in [1.54, 1.807) is 45.0 Å². The van der Waals surface area contributed by atoms with Crippen molar-refractivity contribution in [2.24, 2.45) is 0 Å². The van der Waals surface area contributed by atoms with Crippen LogP contribution in [-0.4, -0.2) is 27.6 Å². The maximum Gasteiger partial charge on any atom is 0.407 e. The van der Waals surface area contributed by atoms with Crippen molar-refractivity contribution < 1.29 is 14.3 Å². The number of alkyl carbamates (subject to hydrolysis) is 1. The first kappa shape index (κ1) is 18.7. The van der Waals surface area contributed by atoms with Gasteiger partial charge in [0.25, 0.3) is 5.91 Å². The summed E-state index contributed by atoms with van der Waals surface area (Å²) in [5.41, 5.74) is 1.25. The molecule has 2 amide bonds. The Balaban J connectivity index is 1.88. The Morgan fingerprint density at radius 2 is 1.72 bits per heavy atom. The third-order valence-corrected chi connectivity index (χ3v) is 3.13. The van der Waals surface area contributed by atoms with Crippen LogP contribution >= 0.6 is 11.6 Å². The molecule has 2 rings (SSSR count). The molecule has 0 saturated carbocycles. The number of carbonyl (C=O) groups is 2. The maximum absolute atomic E-state index is 12.1. The minimum atomic E-state index is -0.538. The van der Waals surface area contributed by atoms with Gasteiger partial charge < -0.3 is 15.4 Å². The largest absolute Gasteiger partial charge is 0.444 e. The molecule has 1 aromatic heterocycles. The number of hydrogen-bond donors (Lipinski definition) is 2. The zero-order chi connectivity index (χ0) is 18.4. The molecule has 0 aliphatic heterocycles. The Labute approximate surface area is 150 Å². The lowest BCUT2D eigenvalue weighted by molar-refractivity contribution is 0.0523. The summed E-state index contributed by atoms with van der Waals surface area (Å²) in [6.07, 6.45) is 2.22. The van der Waals surface area contributed by atoms with Crippen LogP contribution in [0.25, 0.3) is 0 Å². The molecule has 0 bridgehead atoms. The summed E-state index contributed by atoms with van der Waals surface area (Å²) in [6.45, 7) is 5.73. The van der Waals surface area contributed by atoms with E-state index in [1.807, 2.05) is 0 Å². The predicted octanol–water partition coefficient (Wildman–Crippen LogP) is 3.41. The van der Waals surface area contributed by atoms with Crippen molar-refractivity contribution in [3.63, 3.8) is 0 Å². The van der Waals surface area contributed by atoms with Crippen LogP contribution in [0, 0.1) is 0 Å². The van der Waals surface area contributed by atoms with E-state index in [9.17, 15) is 9.59 Å². The molecule has 0 atom stereocenters. The lowest BCUT2D eigenvalue weighted by Gasteiger charge is -2.19. The third kappa shape index (κ3) is 6.39. The lowest BCUT2D eigenvalue weighted by Crippen LogP contribution is -2.32. The standard InChI is InChI=1S/C17H19ClN4O3/c1-17(2,3)25-16(24)21-8-11-4-6-13(7-5-11)22-14(23)12-9-19-15(18)20-10-12/h4-7,9-10H,8H2,1-3H3,(H,21,24)(H,22,23). The fourth-order valence-electron chi connectivity index (χ4n) is 1.83. The van der Waals surface area contributed by atoms with Crippen LogP contribution in [0.2, 0.25) is 5.28 Å². The molecule has 0 fully saturated rings. The van der Waals surface area contributed by atoms with Crippen LogP contribution in [-0.2, 0) is 11.3 Å². The number of anilines is 1. The van der Waals surface area contributed by atoms with Gasteiger partial charge in [0, 0.05) is 24.6 Å². The average molecular weight is 363 g/mol. The molecular weight excluding hydrogens is 344 g/mol. The van der Waals surface area contributed by atoms with Crippen molar-refractivity contribution >= 4 is 29.3 Å². The highest BCUT2D eigenvalue weighted by Gasteiger charge is 2.15. The second kappa shape index (κ2) is 7.94. The highest BCUT2D eigenvalue weighted by molar-refractivity contribution is 6.28. The first-order valence-corrected chi connectivity index (χ1v) is 7.95. The summed E-state index contributed by atoms with van der Waals surface area (Å²) in [5, 5.41) is 5.48. The van der Waals surface area contributed by atoms with E-state index in [-0.39, 0.29) is 11.2 Å². The average Bonchev–Trinajstić information content (AvgIpc) is 2.53. The van der Waals surface area contributed by atoms with Crippen molar-refractivity contribution in [3.8, 4) is 0 Å². The van der Waals surface area contributed by atoms with Crippen molar-refractivity contribution in [2.75, 3.05) is 5.32 Å². The van der Waals surface area contributed by atoms with E-state index in [2.05, 4.69) is 20.6 Å². The molecule has 0 aliphatic rings. The van der Waals surface area contributed by atoms with E-state index in [0.717, 1.165) is 5.56 Å². The van der Waals surface area contributed by atoms with Gasteiger partial charge in [0.2, 0.25) is 5.28 Å². The van der Waals surface area contributed by atoms with E-state index in [1.165, 1.54) is 12.4 Å². The first-order chi connectivity index (χ1) is 11.7. The number of aromatic nitrogens is 2. The van der Waals surface area contributed by atoms with Crippen LogP contribution in [0.15, 0.2) is 36.7 Å². The topological polar surface area (TPSA) is 93.2 Å². The van der Waals surface area contributed by atoms with E-state index < -0.39 is 11.7 Å². The third-order valence-electron chi connectivity index (χ3n) is 2.93. The van der Waals surface area contributed by atoms with Crippen molar-refractivity contribution in [2.45, 2.75) is 32.9 Å². The minimum Gasteiger partial charge on any atom is -0.444 e. The Bertz CT molecular complexity index is 740. The molecule has 0 spiro atoms. The monoisotopic (exact) mass is 362 g/mol. The number of nitrogens with one attached hydrogen (secondary N) is 2. The number of ether oxygens (including phenoxy) is 1. The van der Waals surface area contributed by atoms with Gasteiger partial charge in [0.15, 0.2) is 0 Å². The number of nitrogens with zero attached hydrogens (tertiary/aromatic N) is 2. The van der Waals surface area contributed by atoms with Crippen LogP contribution < -0.4 is 10.6 Å². The van der Waals surface area contributed by atoms with Gasteiger partial charge in [-0.1, -0.05) is 12.1 Å². The fourth-order valence-corrected chi connectivity index (χ4v) is 1.92. The normalized spacial score (nSPS) is 10.9. The molecule has 8 heteroatoms. The summed E-state index contributed by atoms with van der Waals surface area (Å²) < 4.78 is 5.16. The molecule has 1 heterocycles. The molecule has 25 heavy (non-hydrogen) atoms. The Hall–Kier alpha value is -2.67. The number of halogens is 1. The van der Waals surface area contributed by atoms with E-state index in [0.29, 0.717) is 17.8 Å². The SMILES string of the molecule is CC(C)(C)OC(=O)NCc1ccc(NC(=O)c2cnc(Cl)nc2)cc1. The second-order valence-electron chi connectivity index (χ2n) is 6.25. The summed E-state index contributed by atoms with van der Waals surface area (Å²) in [5.74, 6) is -0.337. The van der Waals surface area contributed by atoms with Crippen LogP contribution in [0.1, 0.15) is 36.7 Å². The first-order valence-electron chi connectivity index (χ1n) is 7.57. The fraction of sp³-hybridized carbons (Fsp3) is 0.294. The molecule has 0 unspecified atom stereocenters. The number of carbonyl (C=O) groups excluding carboxylic acids is 2. The molecule has 7 nitrogen and oxygen atoms in total. The number of benzene rings is 1. The highest BCUT2D eigenvalue weighted by Crippen LogP contribution is 2.12. The molecule has 0 radical (unpaired) electrons. The second-order valence-corrected chi connectivity index (χ2v) is 6.59.